The lowest BCUT2D eigenvalue weighted by atomic mass is 9.85. The van der Waals surface area contributed by atoms with Crippen LogP contribution in [0, 0.1) is 5.41 Å². The molecule has 0 aromatic heterocycles. The van der Waals surface area contributed by atoms with E-state index < -0.39 is 0 Å². The molecule has 0 saturated carbocycles. The molecule has 0 N–H and O–H groups in total. The van der Waals surface area contributed by atoms with Gasteiger partial charge in [0.15, 0.2) is 5.78 Å². The van der Waals surface area contributed by atoms with E-state index >= 15 is 0 Å². The van der Waals surface area contributed by atoms with Gasteiger partial charge in [-0.3, -0.25) is 4.79 Å². The van der Waals surface area contributed by atoms with Gasteiger partial charge < -0.3 is 4.79 Å². The van der Waals surface area contributed by atoms with Crippen molar-refractivity contribution in [3.8, 4) is 0 Å². The summed E-state index contributed by atoms with van der Waals surface area (Å²) in [6.45, 7) is 9.20. The van der Waals surface area contributed by atoms with Gasteiger partial charge in [-0.1, -0.05) is 27.4 Å². The fourth-order valence-electron chi connectivity index (χ4n) is 0.877. The maximum Gasteiger partial charge on any atom is 0.163 e. The number of hydrogen-bond acceptors (Lipinski definition) is 2. The zero-order valence-electron chi connectivity index (χ0n) is 8.02. The van der Waals surface area contributed by atoms with E-state index in [4.69, 9.17) is 0 Å². The van der Waals surface area contributed by atoms with E-state index in [9.17, 15) is 9.59 Å². The van der Waals surface area contributed by atoms with E-state index in [-0.39, 0.29) is 11.2 Å². The van der Waals surface area contributed by atoms with E-state index in [0.29, 0.717) is 18.4 Å². The Kier molecular flexibility index (Phi) is 3.87. The summed E-state index contributed by atoms with van der Waals surface area (Å²) in [5, 5.41) is 0. The van der Waals surface area contributed by atoms with Crippen LogP contribution in [0.15, 0.2) is 12.2 Å². The van der Waals surface area contributed by atoms with Crippen LogP contribution in [0.5, 0.6) is 0 Å². The molecule has 0 unspecified atom stereocenters. The summed E-state index contributed by atoms with van der Waals surface area (Å²) in [6.07, 6.45) is 1.68. The Morgan fingerprint density at radius 2 is 1.92 bits per heavy atom. The fraction of sp³-hybridized carbons (Fsp3) is 0.600. The maximum absolute atomic E-state index is 11.5. The van der Waals surface area contributed by atoms with Gasteiger partial charge in [-0.25, -0.2) is 0 Å². The average Bonchev–Trinajstić information content (AvgIpc) is 1.97. The third-order valence-electron chi connectivity index (χ3n) is 1.57. The number of rotatable bonds is 4. The second-order valence-corrected chi connectivity index (χ2v) is 3.89. The minimum Gasteiger partial charge on any atom is -0.303 e. The molecule has 0 aliphatic rings. The van der Waals surface area contributed by atoms with Crippen molar-refractivity contribution < 1.29 is 9.59 Å². The molecule has 2 heteroatoms. The van der Waals surface area contributed by atoms with Crippen LogP contribution in [-0.4, -0.2) is 12.1 Å². The van der Waals surface area contributed by atoms with Gasteiger partial charge in [0.1, 0.15) is 6.29 Å². The summed E-state index contributed by atoms with van der Waals surface area (Å²) < 4.78 is 0. The van der Waals surface area contributed by atoms with Gasteiger partial charge in [-0.2, -0.15) is 0 Å². The first-order valence-corrected chi connectivity index (χ1v) is 4.06. The van der Waals surface area contributed by atoms with Crippen molar-refractivity contribution in [1.29, 1.82) is 0 Å². The Bertz CT molecular complexity index is 196. The molecule has 0 rings (SSSR count). The summed E-state index contributed by atoms with van der Waals surface area (Å²) in [5.74, 6) is 0.0457. The lowest BCUT2D eigenvalue weighted by Gasteiger charge is -2.17. The fourth-order valence-corrected chi connectivity index (χ4v) is 0.877. The summed E-state index contributed by atoms with van der Waals surface area (Å²) in [5.41, 5.74) is 0.176. The van der Waals surface area contributed by atoms with Gasteiger partial charge >= 0.3 is 0 Å². The first kappa shape index (κ1) is 11.1. The molecule has 0 radical (unpaired) electrons. The zero-order chi connectivity index (χ0) is 9.78. The highest BCUT2D eigenvalue weighted by Crippen LogP contribution is 2.20. The lowest BCUT2D eigenvalue weighted by molar-refractivity contribution is -0.122. The third-order valence-corrected chi connectivity index (χ3v) is 1.57. The highest BCUT2D eigenvalue weighted by molar-refractivity contribution is 5.98. The summed E-state index contributed by atoms with van der Waals surface area (Å²) in [7, 11) is 0. The number of allylic oxidation sites excluding steroid dienone is 1. The van der Waals surface area contributed by atoms with Crippen molar-refractivity contribution in [3.05, 3.63) is 12.2 Å². The second kappa shape index (κ2) is 4.19. The number of ketones is 1. The Morgan fingerprint density at radius 3 is 2.25 bits per heavy atom. The number of Topliss-reactive ketones (excluding diaryl/α,β-unsaturated/α-hetero) is 1. The van der Waals surface area contributed by atoms with Crippen LogP contribution in [0.2, 0.25) is 0 Å². The van der Waals surface area contributed by atoms with Gasteiger partial charge in [0.2, 0.25) is 0 Å². The summed E-state index contributed by atoms with van der Waals surface area (Å²) in [6, 6.07) is 0. The normalized spacial score (nSPS) is 10.9. The standard InChI is InChI=1S/C10H16O2/c1-8(6-5-7-11)9(12)10(2,3)4/h7H,1,5-6H2,2-4H3. The van der Waals surface area contributed by atoms with Crippen LogP contribution < -0.4 is 0 Å². The number of carbonyl (C=O) groups is 2. The van der Waals surface area contributed by atoms with Crippen LogP contribution in [-0.2, 0) is 9.59 Å². The first-order valence-electron chi connectivity index (χ1n) is 4.06. The molecule has 12 heavy (non-hydrogen) atoms. The molecule has 2 nitrogen and oxygen atoms in total. The van der Waals surface area contributed by atoms with Crippen LogP contribution in [0.3, 0.4) is 0 Å². The third kappa shape index (κ3) is 3.46. The van der Waals surface area contributed by atoms with Gasteiger partial charge in [0, 0.05) is 11.8 Å². The Labute approximate surface area is 73.7 Å². The van der Waals surface area contributed by atoms with Gasteiger partial charge in [-0.15, -0.1) is 0 Å². The Balaban J connectivity index is 4.12. The molecule has 0 bridgehead atoms. The van der Waals surface area contributed by atoms with Gasteiger partial charge in [0.25, 0.3) is 0 Å². The van der Waals surface area contributed by atoms with Crippen molar-refractivity contribution >= 4 is 12.1 Å². The van der Waals surface area contributed by atoms with Crippen molar-refractivity contribution in [3.63, 3.8) is 0 Å². The lowest BCUT2D eigenvalue weighted by Crippen LogP contribution is -2.21. The van der Waals surface area contributed by atoms with Crippen LogP contribution in [0.1, 0.15) is 33.6 Å². The van der Waals surface area contributed by atoms with Crippen molar-refractivity contribution in [2.45, 2.75) is 33.6 Å². The molecule has 0 aromatic carbocycles. The monoisotopic (exact) mass is 168 g/mol. The summed E-state index contributed by atoms with van der Waals surface area (Å²) >= 11 is 0. The minimum atomic E-state index is -0.375. The second-order valence-electron chi connectivity index (χ2n) is 3.89. The Morgan fingerprint density at radius 1 is 1.42 bits per heavy atom. The van der Waals surface area contributed by atoms with Crippen LogP contribution in [0.4, 0.5) is 0 Å². The van der Waals surface area contributed by atoms with Crippen LogP contribution >= 0.6 is 0 Å². The minimum absolute atomic E-state index is 0.0457. The predicted molar refractivity (Wildman–Crippen MR) is 48.9 cm³/mol. The first-order chi connectivity index (χ1) is 5.39. The molecule has 0 aliphatic heterocycles. The molecule has 0 amide bonds. The average molecular weight is 168 g/mol. The quantitative estimate of drug-likeness (QED) is 0.476. The highest BCUT2D eigenvalue weighted by atomic mass is 16.1. The zero-order valence-corrected chi connectivity index (χ0v) is 8.02. The largest absolute Gasteiger partial charge is 0.303 e. The molecular weight excluding hydrogens is 152 g/mol. The van der Waals surface area contributed by atoms with Gasteiger partial charge in [-0.05, 0) is 12.0 Å². The van der Waals surface area contributed by atoms with Crippen molar-refractivity contribution in [1.82, 2.24) is 0 Å². The SMILES string of the molecule is C=C(CCC=O)C(=O)C(C)(C)C. The molecule has 68 valence electrons. The molecule has 0 saturated heterocycles. The molecule has 0 fully saturated rings. The van der Waals surface area contributed by atoms with Crippen molar-refractivity contribution in [2.24, 2.45) is 5.41 Å². The molecule has 0 aromatic rings. The van der Waals surface area contributed by atoms with E-state index in [1.807, 2.05) is 20.8 Å². The van der Waals surface area contributed by atoms with E-state index in [2.05, 4.69) is 6.58 Å². The maximum atomic E-state index is 11.5. The van der Waals surface area contributed by atoms with Gasteiger partial charge in [0.05, 0.1) is 0 Å². The molecular formula is C10H16O2. The molecule has 0 aliphatic carbocycles. The smallest absolute Gasteiger partial charge is 0.163 e. The van der Waals surface area contributed by atoms with Crippen molar-refractivity contribution in [2.75, 3.05) is 0 Å². The van der Waals surface area contributed by atoms with E-state index in [0.717, 1.165) is 6.29 Å². The van der Waals surface area contributed by atoms with E-state index in [1.54, 1.807) is 0 Å². The molecule has 0 heterocycles. The Hall–Kier alpha value is -0.920. The molecule has 0 spiro atoms. The van der Waals surface area contributed by atoms with E-state index in [1.165, 1.54) is 0 Å². The topological polar surface area (TPSA) is 34.1 Å². The number of carbonyl (C=O) groups excluding carboxylic acids is 2. The molecule has 0 atom stereocenters. The predicted octanol–water partition coefficient (Wildman–Crippen LogP) is 2.14. The number of aldehydes is 1. The summed E-state index contributed by atoms with van der Waals surface area (Å²) in [4.78, 5) is 21.5. The van der Waals surface area contributed by atoms with Crippen LogP contribution in [0.25, 0.3) is 0 Å². The number of hydrogen-bond donors (Lipinski definition) is 0. The highest BCUT2D eigenvalue weighted by Gasteiger charge is 2.22.